The quantitative estimate of drug-likeness (QED) is 0.654. The van der Waals surface area contributed by atoms with Gasteiger partial charge in [-0.1, -0.05) is 42.5 Å². The normalized spacial score (nSPS) is 15.8. The molecule has 1 aliphatic rings. The van der Waals surface area contributed by atoms with Gasteiger partial charge in [-0.25, -0.2) is 0 Å². The Morgan fingerprint density at radius 3 is 2.57 bits per heavy atom. The van der Waals surface area contributed by atoms with Gasteiger partial charge in [0.15, 0.2) is 5.11 Å². The van der Waals surface area contributed by atoms with Crippen LogP contribution in [-0.2, 0) is 13.1 Å². The zero-order valence-corrected chi connectivity index (χ0v) is 16.9. The highest BCUT2D eigenvalue weighted by Crippen LogP contribution is 2.33. The van der Waals surface area contributed by atoms with E-state index in [4.69, 9.17) is 17.0 Å². The number of benzene rings is 2. The minimum Gasteiger partial charge on any atom is -0.494 e. The molecule has 2 heterocycles. The minimum atomic E-state index is 0.0928. The largest absolute Gasteiger partial charge is 0.494 e. The smallest absolute Gasteiger partial charge is 0.170 e. The SMILES string of the molecule is CCOc1ccc([C@H]2c3cccn3CCN2C(=S)NCc2ccccc2)cc1. The Kier molecular flexibility index (Phi) is 5.63. The van der Waals surface area contributed by atoms with E-state index in [2.05, 4.69) is 69.5 Å². The second-order valence-corrected chi connectivity index (χ2v) is 7.26. The summed E-state index contributed by atoms with van der Waals surface area (Å²) in [5.74, 6) is 0.897. The van der Waals surface area contributed by atoms with Crippen LogP contribution in [0.5, 0.6) is 5.75 Å². The summed E-state index contributed by atoms with van der Waals surface area (Å²) in [7, 11) is 0. The van der Waals surface area contributed by atoms with E-state index in [1.165, 1.54) is 16.8 Å². The molecule has 0 spiro atoms. The first-order chi connectivity index (χ1) is 13.8. The van der Waals surface area contributed by atoms with Crippen LogP contribution in [0.1, 0.15) is 29.8 Å². The molecule has 2 aromatic carbocycles. The lowest BCUT2D eigenvalue weighted by Gasteiger charge is -2.39. The van der Waals surface area contributed by atoms with Crippen molar-refractivity contribution in [3.05, 3.63) is 89.7 Å². The van der Waals surface area contributed by atoms with Crippen LogP contribution in [0.3, 0.4) is 0 Å². The van der Waals surface area contributed by atoms with Crippen LogP contribution in [0.2, 0.25) is 0 Å². The van der Waals surface area contributed by atoms with Crippen molar-refractivity contribution in [2.75, 3.05) is 13.2 Å². The van der Waals surface area contributed by atoms with Gasteiger partial charge in [-0.3, -0.25) is 0 Å². The Morgan fingerprint density at radius 1 is 1.04 bits per heavy atom. The molecule has 3 aromatic rings. The molecule has 0 radical (unpaired) electrons. The van der Waals surface area contributed by atoms with E-state index in [9.17, 15) is 0 Å². The predicted molar refractivity (Wildman–Crippen MR) is 116 cm³/mol. The first-order valence-electron chi connectivity index (χ1n) is 9.72. The number of ether oxygens (including phenoxy) is 1. The van der Waals surface area contributed by atoms with Gasteiger partial charge in [0.2, 0.25) is 0 Å². The highest BCUT2D eigenvalue weighted by atomic mass is 32.1. The first-order valence-corrected chi connectivity index (χ1v) is 10.1. The Balaban J connectivity index is 1.57. The molecule has 0 aliphatic carbocycles. The summed E-state index contributed by atoms with van der Waals surface area (Å²) in [5.41, 5.74) is 3.70. The Bertz CT molecular complexity index is 921. The van der Waals surface area contributed by atoms with Crippen LogP contribution < -0.4 is 10.1 Å². The number of thiocarbonyl (C=S) groups is 1. The molecule has 0 saturated carbocycles. The van der Waals surface area contributed by atoms with E-state index in [0.29, 0.717) is 6.61 Å². The molecule has 144 valence electrons. The molecule has 0 bridgehead atoms. The van der Waals surface area contributed by atoms with E-state index in [-0.39, 0.29) is 6.04 Å². The van der Waals surface area contributed by atoms with Gasteiger partial charge in [0, 0.05) is 31.5 Å². The second kappa shape index (κ2) is 8.48. The number of hydrogen-bond donors (Lipinski definition) is 1. The fourth-order valence-corrected chi connectivity index (χ4v) is 4.01. The van der Waals surface area contributed by atoms with Gasteiger partial charge in [0.05, 0.1) is 12.6 Å². The van der Waals surface area contributed by atoms with Gasteiger partial charge in [-0.05, 0) is 54.5 Å². The van der Waals surface area contributed by atoms with Crippen molar-refractivity contribution in [2.24, 2.45) is 0 Å². The van der Waals surface area contributed by atoms with Gasteiger partial charge in [0.25, 0.3) is 0 Å². The van der Waals surface area contributed by atoms with Gasteiger partial charge in [-0.15, -0.1) is 0 Å². The third-order valence-corrected chi connectivity index (χ3v) is 5.47. The molecule has 4 rings (SSSR count). The summed E-state index contributed by atoms with van der Waals surface area (Å²) < 4.78 is 7.92. The summed E-state index contributed by atoms with van der Waals surface area (Å²) >= 11 is 5.80. The third kappa shape index (κ3) is 3.90. The van der Waals surface area contributed by atoms with E-state index < -0.39 is 0 Å². The van der Waals surface area contributed by atoms with Gasteiger partial charge in [0.1, 0.15) is 5.75 Å². The average Bonchev–Trinajstić information content (AvgIpc) is 3.22. The van der Waals surface area contributed by atoms with Crippen LogP contribution >= 0.6 is 12.2 Å². The standard InChI is InChI=1S/C23H25N3OS/c1-2-27-20-12-10-19(11-13-20)22-21-9-6-14-25(21)15-16-26(22)23(28)24-17-18-7-4-3-5-8-18/h3-14,22H,2,15-17H2,1H3,(H,24,28)/t22-/m0/s1. The van der Waals surface area contributed by atoms with Crippen LogP contribution in [0, 0.1) is 0 Å². The number of nitrogens with one attached hydrogen (secondary N) is 1. The molecule has 1 atom stereocenters. The van der Waals surface area contributed by atoms with E-state index >= 15 is 0 Å². The highest BCUT2D eigenvalue weighted by molar-refractivity contribution is 7.80. The summed E-state index contributed by atoms with van der Waals surface area (Å²) in [6, 6.07) is 23.1. The van der Waals surface area contributed by atoms with Crippen molar-refractivity contribution in [1.29, 1.82) is 0 Å². The molecule has 1 N–H and O–H groups in total. The van der Waals surface area contributed by atoms with E-state index in [0.717, 1.165) is 30.5 Å². The number of hydrogen-bond acceptors (Lipinski definition) is 2. The van der Waals surface area contributed by atoms with Gasteiger partial charge in [-0.2, -0.15) is 0 Å². The molecule has 0 saturated heterocycles. The van der Waals surface area contributed by atoms with Crippen molar-refractivity contribution in [3.8, 4) is 5.75 Å². The number of nitrogens with zero attached hydrogens (tertiary/aromatic N) is 2. The lowest BCUT2D eigenvalue weighted by molar-refractivity contribution is 0.285. The maximum Gasteiger partial charge on any atom is 0.170 e. The highest BCUT2D eigenvalue weighted by Gasteiger charge is 2.30. The second-order valence-electron chi connectivity index (χ2n) is 6.87. The lowest BCUT2D eigenvalue weighted by atomic mass is 10.00. The maximum absolute atomic E-state index is 5.80. The summed E-state index contributed by atoms with van der Waals surface area (Å²) in [5, 5.41) is 4.23. The first kappa shape index (κ1) is 18.6. The van der Waals surface area contributed by atoms with E-state index in [1.54, 1.807) is 0 Å². The topological polar surface area (TPSA) is 29.4 Å². The fraction of sp³-hybridized carbons (Fsp3) is 0.261. The predicted octanol–water partition coefficient (Wildman–Crippen LogP) is 4.37. The molecule has 0 fully saturated rings. The molecular formula is C23H25N3OS. The lowest BCUT2D eigenvalue weighted by Crippen LogP contribution is -2.46. The molecule has 5 heteroatoms. The molecule has 0 amide bonds. The van der Waals surface area contributed by atoms with E-state index in [1.807, 2.05) is 25.1 Å². The van der Waals surface area contributed by atoms with Crippen molar-refractivity contribution >= 4 is 17.3 Å². The zero-order valence-electron chi connectivity index (χ0n) is 16.0. The maximum atomic E-state index is 5.80. The third-order valence-electron chi connectivity index (χ3n) is 5.09. The Labute approximate surface area is 171 Å². The Morgan fingerprint density at radius 2 is 1.82 bits per heavy atom. The number of fused-ring (bicyclic) bond motifs is 1. The molecule has 28 heavy (non-hydrogen) atoms. The van der Waals surface area contributed by atoms with Crippen molar-refractivity contribution in [2.45, 2.75) is 26.1 Å². The minimum absolute atomic E-state index is 0.0928. The molecule has 1 aromatic heterocycles. The van der Waals surface area contributed by atoms with Crippen molar-refractivity contribution < 1.29 is 4.74 Å². The van der Waals surface area contributed by atoms with Crippen molar-refractivity contribution in [1.82, 2.24) is 14.8 Å². The van der Waals surface area contributed by atoms with Crippen LogP contribution in [-0.4, -0.2) is 27.7 Å². The van der Waals surface area contributed by atoms with Crippen molar-refractivity contribution in [3.63, 3.8) is 0 Å². The molecule has 1 aliphatic heterocycles. The summed E-state index contributed by atoms with van der Waals surface area (Å²) in [6.45, 7) is 5.21. The van der Waals surface area contributed by atoms with Crippen LogP contribution in [0.4, 0.5) is 0 Å². The average molecular weight is 392 g/mol. The Hall–Kier alpha value is -2.79. The van der Waals surface area contributed by atoms with Crippen LogP contribution in [0.15, 0.2) is 72.9 Å². The number of aromatic nitrogens is 1. The molecular weight excluding hydrogens is 366 g/mol. The zero-order chi connectivity index (χ0) is 19.3. The monoisotopic (exact) mass is 391 g/mol. The fourth-order valence-electron chi connectivity index (χ4n) is 3.74. The summed E-state index contributed by atoms with van der Waals surface area (Å²) in [6.07, 6.45) is 2.15. The summed E-state index contributed by atoms with van der Waals surface area (Å²) in [4.78, 5) is 2.29. The van der Waals surface area contributed by atoms with Crippen LogP contribution in [0.25, 0.3) is 0 Å². The molecule has 0 unspecified atom stereocenters. The molecule has 4 nitrogen and oxygen atoms in total. The number of rotatable bonds is 5. The van der Waals surface area contributed by atoms with Gasteiger partial charge >= 0.3 is 0 Å². The van der Waals surface area contributed by atoms with Gasteiger partial charge < -0.3 is 19.5 Å².